The van der Waals surface area contributed by atoms with E-state index in [9.17, 15) is 0 Å². The first kappa shape index (κ1) is 15.7. The molecule has 1 aromatic rings. The SMILES string of the molecule is CCCNc1ncnc(NC(C)CCC)c1CCC. The lowest BCUT2D eigenvalue weighted by molar-refractivity contribution is 0.685. The van der Waals surface area contributed by atoms with Gasteiger partial charge in [-0.3, -0.25) is 0 Å². The zero-order valence-corrected chi connectivity index (χ0v) is 12.8. The molecule has 2 N–H and O–H groups in total. The van der Waals surface area contributed by atoms with Crippen LogP contribution in [0.1, 0.15) is 58.9 Å². The van der Waals surface area contributed by atoms with Gasteiger partial charge in [-0.2, -0.15) is 0 Å². The maximum atomic E-state index is 4.43. The average Bonchev–Trinajstić information content (AvgIpc) is 2.39. The normalized spacial score (nSPS) is 12.2. The van der Waals surface area contributed by atoms with Crippen molar-refractivity contribution in [3.8, 4) is 0 Å². The van der Waals surface area contributed by atoms with Gasteiger partial charge >= 0.3 is 0 Å². The van der Waals surface area contributed by atoms with Gasteiger partial charge in [0.1, 0.15) is 18.0 Å². The van der Waals surface area contributed by atoms with Gasteiger partial charge in [0.05, 0.1) is 0 Å². The Morgan fingerprint density at radius 3 is 2.42 bits per heavy atom. The van der Waals surface area contributed by atoms with Gasteiger partial charge < -0.3 is 10.6 Å². The van der Waals surface area contributed by atoms with E-state index >= 15 is 0 Å². The quantitative estimate of drug-likeness (QED) is 0.711. The number of aromatic nitrogens is 2. The van der Waals surface area contributed by atoms with Gasteiger partial charge in [-0.15, -0.1) is 0 Å². The Labute approximate surface area is 117 Å². The Morgan fingerprint density at radius 1 is 1.05 bits per heavy atom. The summed E-state index contributed by atoms with van der Waals surface area (Å²) >= 11 is 0. The minimum Gasteiger partial charge on any atom is -0.370 e. The molecule has 4 nitrogen and oxygen atoms in total. The van der Waals surface area contributed by atoms with Gasteiger partial charge in [0.15, 0.2) is 0 Å². The molecule has 0 amide bonds. The lowest BCUT2D eigenvalue weighted by Gasteiger charge is -2.18. The molecule has 0 fully saturated rings. The van der Waals surface area contributed by atoms with Crippen LogP contribution in [-0.4, -0.2) is 22.6 Å². The Kier molecular flexibility index (Phi) is 7.23. The number of nitrogens with one attached hydrogen (secondary N) is 2. The van der Waals surface area contributed by atoms with Gasteiger partial charge in [0, 0.05) is 18.2 Å². The van der Waals surface area contributed by atoms with Crippen LogP contribution < -0.4 is 10.6 Å². The van der Waals surface area contributed by atoms with Crippen molar-refractivity contribution < 1.29 is 0 Å². The van der Waals surface area contributed by atoms with Crippen LogP contribution in [0.2, 0.25) is 0 Å². The molecule has 108 valence electrons. The van der Waals surface area contributed by atoms with E-state index in [2.05, 4.69) is 48.3 Å². The molecular weight excluding hydrogens is 236 g/mol. The van der Waals surface area contributed by atoms with Gasteiger partial charge in [0.25, 0.3) is 0 Å². The molecule has 0 saturated heterocycles. The maximum absolute atomic E-state index is 4.43. The highest BCUT2D eigenvalue weighted by Gasteiger charge is 2.12. The predicted octanol–water partition coefficient (Wildman–Crippen LogP) is 3.85. The minimum absolute atomic E-state index is 0.453. The fraction of sp³-hybridized carbons (Fsp3) is 0.733. The Bertz CT molecular complexity index is 365. The third-order valence-corrected chi connectivity index (χ3v) is 3.09. The molecule has 1 unspecified atom stereocenters. The van der Waals surface area contributed by atoms with Crippen LogP contribution in [0.3, 0.4) is 0 Å². The highest BCUT2D eigenvalue weighted by atomic mass is 15.1. The molecule has 0 aliphatic carbocycles. The smallest absolute Gasteiger partial charge is 0.134 e. The molecule has 0 spiro atoms. The van der Waals surface area contributed by atoms with E-state index in [1.807, 2.05) is 0 Å². The molecule has 1 atom stereocenters. The highest BCUT2D eigenvalue weighted by Crippen LogP contribution is 2.22. The molecule has 0 radical (unpaired) electrons. The summed E-state index contributed by atoms with van der Waals surface area (Å²) < 4.78 is 0. The number of hydrogen-bond acceptors (Lipinski definition) is 4. The molecule has 0 aliphatic rings. The largest absolute Gasteiger partial charge is 0.370 e. The van der Waals surface area contributed by atoms with E-state index in [0.29, 0.717) is 6.04 Å². The molecule has 4 heteroatoms. The summed E-state index contributed by atoms with van der Waals surface area (Å²) in [7, 11) is 0. The fourth-order valence-corrected chi connectivity index (χ4v) is 2.16. The Morgan fingerprint density at radius 2 is 1.79 bits per heavy atom. The topological polar surface area (TPSA) is 49.8 Å². The van der Waals surface area contributed by atoms with E-state index in [1.54, 1.807) is 6.33 Å². The number of anilines is 2. The van der Waals surface area contributed by atoms with Crippen LogP contribution in [-0.2, 0) is 6.42 Å². The number of rotatable bonds is 9. The van der Waals surface area contributed by atoms with E-state index in [-0.39, 0.29) is 0 Å². The summed E-state index contributed by atoms with van der Waals surface area (Å²) in [6, 6.07) is 0.453. The van der Waals surface area contributed by atoms with Crippen molar-refractivity contribution in [2.45, 2.75) is 65.8 Å². The maximum Gasteiger partial charge on any atom is 0.134 e. The molecule has 1 rings (SSSR count). The van der Waals surface area contributed by atoms with E-state index in [4.69, 9.17) is 0 Å². The second-order valence-electron chi connectivity index (χ2n) is 5.06. The Hall–Kier alpha value is -1.32. The van der Waals surface area contributed by atoms with Crippen molar-refractivity contribution in [1.29, 1.82) is 0 Å². The second-order valence-corrected chi connectivity index (χ2v) is 5.06. The van der Waals surface area contributed by atoms with Gasteiger partial charge in [0.2, 0.25) is 0 Å². The molecule has 0 bridgehead atoms. The summed E-state index contributed by atoms with van der Waals surface area (Å²) in [5, 5.41) is 6.92. The number of hydrogen-bond donors (Lipinski definition) is 2. The van der Waals surface area contributed by atoms with Gasteiger partial charge in [-0.1, -0.05) is 33.6 Å². The summed E-state index contributed by atoms with van der Waals surface area (Å²) in [4.78, 5) is 8.81. The van der Waals surface area contributed by atoms with Crippen molar-refractivity contribution >= 4 is 11.6 Å². The van der Waals surface area contributed by atoms with Gasteiger partial charge in [-0.25, -0.2) is 9.97 Å². The number of nitrogens with zero attached hydrogens (tertiary/aromatic N) is 2. The lowest BCUT2D eigenvalue weighted by Crippen LogP contribution is -2.18. The van der Waals surface area contributed by atoms with Crippen molar-refractivity contribution in [3.05, 3.63) is 11.9 Å². The van der Waals surface area contributed by atoms with E-state index in [0.717, 1.165) is 43.9 Å². The summed E-state index contributed by atoms with van der Waals surface area (Å²) in [5.74, 6) is 1.99. The van der Waals surface area contributed by atoms with E-state index in [1.165, 1.54) is 12.0 Å². The van der Waals surface area contributed by atoms with Crippen LogP contribution in [0, 0.1) is 0 Å². The van der Waals surface area contributed by atoms with Crippen LogP contribution in [0.15, 0.2) is 6.33 Å². The van der Waals surface area contributed by atoms with Crippen molar-refractivity contribution in [1.82, 2.24) is 9.97 Å². The molecule has 1 heterocycles. The predicted molar refractivity (Wildman–Crippen MR) is 82.8 cm³/mol. The van der Waals surface area contributed by atoms with Crippen molar-refractivity contribution in [2.75, 3.05) is 17.2 Å². The third kappa shape index (κ3) is 5.05. The minimum atomic E-state index is 0.453. The molecule has 19 heavy (non-hydrogen) atoms. The van der Waals surface area contributed by atoms with Gasteiger partial charge in [-0.05, 0) is 26.2 Å². The zero-order chi connectivity index (χ0) is 14.1. The first-order valence-corrected chi connectivity index (χ1v) is 7.57. The summed E-state index contributed by atoms with van der Waals surface area (Å²) in [6.45, 7) is 9.73. The average molecular weight is 264 g/mol. The standard InChI is InChI=1S/C15H28N4/c1-5-8-12(4)19-15-13(9-6-2)14(16-10-7-3)17-11-18-15/h11-12H,5-10H2,1-4H3,(H2,16,17,18,19). The third-order valence-electron chi connectivity index (χ3n) is 3.09. The second kappa shape index (κ2) is 8.73. The first-order valence-electron chi connectivity index (χ1n) is 7.57. The van der Waals surface area contributed by atoms with E-state index < -0.39 is 0 Å². The summed E-state index contributed by atoms with van der Waals surface area (Å²) in [5.41, 5.74) is 1.22. The molecule has 0 aromatic carbocycles. The Balaban J connectivity index is 2.88. The van der Waals surface area contributed by atoms with Crippen molar-refractivity contribution in [2.24, 2.45) is 0 Å². The monoisotopic (exact) mass is 264 g/mol. The molecular formula is C15H28N4. The molecule has 0 saturated carbocycles. The van der Waals surface area contributed by atoms with Crippen LogP contribution in [0.5, 0.6) is 0 Å². The molecule has 0 aliphatic heterocycles. The zero-order valence-electron chi connectivity index (χ0n) is 12.8. The van der Waals surface area contributed by atoms with Crippen molar-refractivity contribution in [3.63, 3.8) is 0 Å². The lowest BCUT2D eigenvalue weighted by atomic mass is 10.1. The fourth-order valence-electron chi connectivity index (χ4n) is 2.16. The van der Waals surface area contributed by atoms with Crippen LogP contribution in [0.25, 0.3) is 0 Å². The highest BCUT2D eigenvalue weighted by molar-refractivity contribution is 5.57. The van der Waals surface area contributed by atoms with Crippen LogP contribution in [0.4, 0.5) is 11.6 Å². The summed E-state index contributed by atoms with van der Waals surface area (Å²) in [6.07, 6.45) is 7.21. The molecule has 1 aromatic heterocycles. The first-order chi connectivity index (χ1) is 9.22. The van der Waals surface area contributed by atoms with Crippen LogP contribution >= 0.6 is 0 Å².